The second-order valence-corrected chi connectivity index (χ2v) is 5.69. The van der Waals surface area contributed by atoms with Gasteiger partial charge < -0.3 is 10.1 Å². The predicted octanol–water partition coefficient (Wildman–Crippen LogP) is 2.03. The van der Waals surface area contributed by atoms with Gasteiger partial charge >= 0.3 is 5.97 Å². The maximum Gasteiger partial charge on any atom is 0.338 e. The molecule has 26 heavy (non-hydrogen) atoms. The Bertz CT molecular complexity index is 823. The highest BCUT2D eigenvalue weighted by molar-refractivity contribution is 5.92. The van der Waals surface area contributed by atoms with Crippen LogP contribution in [-0.2, 0) is 20.7 Å². The van der Waals surface area contributed by atoms with Crippen LogP contribution >= 0.6 is 0 Å². The molecular weight excluding hydrogens is 332 g/mol. The monoisotopic (exact) mass is 350 g/mol. The molecule has 0 bridgehead atoms. The molecule has 1 N–H and O–H groups in total. The van der Waals surface area contributed by atoms with Gasteiger partial charge in [0.1, 0.15) is 0 Å². The molecule has 0 aliphatic rings. The van der Waals surface area contributed by atoms with Gasteiger partial charge in [-0.1, -0.05) is 30.3 Å². The number of nitrogens with one attached hydrogen (secondary N) is 1. The van der Waals surface area contributed by atoms with Crippen LogP contribution < -0.4 is 5.32 Å². The molecule has 2 aromatic carbocycles. The fourth-order valence-corrected chi connectivity index (χ4v) is 2.28. The summed E-state index contributed by atoms with van der Waals surface area (Å²) in [4.78, 5) is 35.7. The summed E-state index contributed by atoms with van der Waals surface area (Å²) in [5.74, 6) is -1.41. The Morgan fingerprint density at radius 2 is 1.73 bits per heavy atom. The summed E-state index contributed by atoms with van der Waals surface area (Å²) in [7, 11) is 0. The predicted molar refractivity (Wildman–Crippen MR) is 94.2 cm³/mol. The first-order valence-electron chi connectivity index (χ1n) is 8.00. The lowest BCUT2D eigenvalue weighted by atomic mass is 10.0. The lowest BCUT2D eigenvalue weighted by Crippen LogP contribution is -2.43. The van der Waals surface area contributed by atoms with E-state index in [0.29, 0.717) is 12.0 Å². The van der Waals surface area contributed by atoms with Crippen LogP contribution in [0.25, 0.3) is 0 Å². The van der Waals surface area contributed by atoms with E-state index >= 15 is 0 Å². The van der Waals surface area contributed by atoms with Crippen molar-refractivity contribution in [3.05, 3.63) is 71.3 Å². The molecule has 0 saturated heterocycles. The Kier molecular flexibility index (Phi) is 6.63. The first-order chi connectivity index (χ1) is 12.5. The molecule has 0 aromatic heterocycles. The zero-order chi connectivity index (χ0) is 18.9. The smallest absolute Gasteiger partial charge is 0.338 e. The zero-order valence-corrected chi connectivity index (χ0v) is 14.3. The average molecular weight is 350 g/mol. The summed E-state index contributed by atoms with van der Waals surface area (Å²) in [6, 6.07) is 16.5. The second kappa shape index (κ2) is 9.14. The van der Waals surface area contributed by atoms with Gasteiger partial charge in [0.25, 0.3) is 5.91 Å². The van der Waals surface area contributed by atoms with Crippen molar-refractivity contribution in [2.24, 2.45) is 0 Å². The summed E-state index contributed by atoms with van der Waals surface area (Å²) >= 11 is 0. The van der Waals surface area contributed by atoms with E-state index in [-0.39, 0.29) is 11.3 Å². The van der Waals surface area contributed by atoms with Crippen molar-refractivity contribution in [3.63, 3.8) is 0 Å². The second-order valence-electron chi connectivity index (χ2n) is 5.69. The zero-order valence-electron chi connectivity index (χ0n) is 14.3. The number of nitriles is 1. The van der Waals surface area contributed by atoms with Crippen molar-refractivity contribution in [2.75, 3.05) is 6.61 Å². The van der Waals surface area contributed by atoms with Gasteiger partial charge in [-0.25, -0.2) is 4.79 Å². The average Bonchev–Trinajstić information content (AvgIpc) is 2.66. The molecule has 0 saturated carbocycles. The highest BCUT2D eigenvalue weighted by Crippen LogP contribution is 2.06. The van der Waals surface area contributed by atoms with Crippen LogP contribution in [0.2, 0.25) is 0 Å². The van der Waals surface area contributed by atoms with E-state index in [1.54, 1.807) is 0 Å². The number of benzene rings is 2. The van der Waals surface area contributed by atoms with E-state index in [1.807, 2.05) is 36.4 Å². The fourth-order valence-electron chi connectivity index (χ4n) is 2.28. The van der Waals surface area contributed by atoms with Crippen molar-refractivity contribution in [3.8, 4) is 6.07 Å². The van der Waals surface area contributed by atoms with Gasteiger partial charge in [0.15, 0.2) is 12.4 Å². The number of Topliss-reactive ketones (excluding diaryl/α,β-unsaturated/α-hetero) is 1. The Morgan fingerprint density at radius 1 is 1.08 bits per heavy atom. The normalized spacial score (nSPS) is 11.1. The highest BCUT2D eigenvalue weighted by Gasteiger charge is 2.18. The number of hydrogen-bond donors (Lipinski definition) is 1. The summed E-state index contributed by atoms with van der Waals surface area (Å²) in [6.07, 6.45) is 0.367. The first-order valence-corrected chi connectivity index (χ1v) is 8.00. The largest absolute Gasteiger partial charge is 0.452 e. The number of rotatable bonds is 7. The number of carbonyl (C=O) groups excluding carboxylic acids is 3. The molecule has 0 radical (unpaired) electrons. The van der Waals surface area contributed by atoms with E-state index < -0.39 is 24.5 Å². The third-order valence-corrected chi connectivity index (χ3v) is 3.69. The molecule has 0 fully saturated rings. The minimum atomic E-state index is -0.682. The molecule has 6 nitrogen and oxygen atoms in total. The Morgan fingerprint density at radius 3 is 2.31 bits per heavy atom. The molecule has 0 aliphatic carbocycles. The Hall–Kier alpha value is -3.46. The Balaban J connectivity index is 1.88. The van der Waals surface area contributed by atoms with Gasteiger partial charge in [-0.3, -0.25) is 9.59 Å². The van der Waals surface area contributed by atoms with Crippen molar-refractivity contribution in [1.82, 2.24) is 5.32 Å². The van der Waals surface area contributed by atoms with E-state index in [9.17, 15) is 14.4 Å². The number of hydrogen-bond acceptors (Lipinski definition) is 5. The first kappa shape index (κ1) is 18.9. The van der Waals surface area contributed by atoms with E-state index in [2.05, 4.69) is 5.32 Å². The molecule has 2 rings (SSSR count). The van der Waals surface area contributed by atoms with E-state index in [1.165, 1.54) is 31.2 Å². The molecule has 0 aliphatic heterocycles. The van der Waals surface area contributed by atoms with Crippen molar-refractivity contribution in [1.29, 1.82) is 5.26 Å². The van der Waals surface area contributed by atoms with E-state index in [0.717, 1.165) is 5.56 Å². The van der Waals surface area contributed by atoms with Crippen molar-refractivity contribution >= 4 is 17.7 Å². The maximum absolute atomic E-state index is 12.0. The number of amides is 1. The molecule has 132 valence electrons. The minimum Gasteiger partial charge on any atom is -0.452 e. The fraction of sp³-hybridized carbons (Fsp3) is 0.200. The van der Waals surface area contributed by atoms with Gasteiger partial charge in [0, 0.05) is 0 Å². The lowest BCUT2D eigenvalue weighted by molar-refractivity contribution is -0.128. The van der Waals surface area contributed by atoms with Crippen LogP contribution in [0.1, 0.15) is 28.4 Å². The van der Waals surface area contributed by atoms with Crippen molar-refractivity contribution in [2.45, 2.75) is 19.4 Å². The molecule has 0 unspecified atom stereocenters. The molecule has 0 heterocycles. The van der Waals surface area contributed by atoms with Gasteiger partial charge in [-0.15, -0.1) is 0 Å². The Labute approximate surface area is 151 Å². The number of nitrogens with zero attached hydrogens (tertiary/aromatic N) is 1. The molecule has 1 amide bonds. The third kappa shape index (κ3) is 5.56. The van der Waals surface area contributed by atoms with Crippen LogP contribution in [0, 0.1) is 11.3 Å². The minimum absolute atomic E-state index is 0.180. The van der Waals surface area contributed by atoms with Crippen LogP contribution in [-0.4, -0.2) is 30.3 Å². The van der Waals surface area contributed by atoms with E-state index in [4.69, 9.17) is 10.00 Å². The van der Waals surface area contributed by atoms with Crippen LogP contribution in [0.5, 0.6) is 0 Å². The van der Waals surface area contributed by atoms with Gasteiger partial charge in [-0.2, -0.15) is 5.26 Å². The molecule has 0 spiro atoms. The standard InChI is InChI=1S/C20H18N2O4/c1-14(23)18(11-15-5-3-2-4-6-15)22-19(24)13-26-20(25)17-9-7-16(12-21)8-10-17/h2-10,18H,11,13H2,1H3,(H,22,24)/t18-/m0/s1. The van der Waals surface area contributed by atoms with Gasteiger partial charge in [-0.05, 0) is 43.2 Å². The lowest BCUT2D eigenvalue weighted by Gasteiger charge is -2.16. The number of ketones is 1. The van der Waals surface area contributed by atoms with Gasteiger partial charge in [0.05, 0.1) is 23.2 Å². The molecule has 6 heteroatoms. The van der Waals surface area contributed by atoms with Gasteiger partial charge in [0.2, 0.25) is 0 Å². The van der Waals surface area contributed by atoms with Crippen LogP contribution in [0.3, 0.4) is 0 Å². The quantitative estimate of drug-likeness (QED) is 0.771. The maximum atomic E-state index is 12.0. The third-order valence-electron chi connectivity index (χ3n) is 3.69. The van der Waals surface area contributed by atoms with Crippen LogP contribution in [0.4, 0.5) is 0 Å². The summed E-state index contributed by atoms with van der Waals surface area (Å²) in [5.41, 5.74) is 1.58. The molecular formula is C20H18N2O4. The summed E-state index contributed by atoms with van der Waals surface area (Å²) in [5, 5.41) is 11.3. The number of carbonyl (C=O) groups is 3. The number of esters is 1. The SMILES string of the molecule is CC(=O)[C@H](Cc1ccccc1)NC(=O)COC(=O)c1ccc(C#N)cc1. The summed E-state index contributed by atoms with van der Waals surface area (Å²) in [6.45, 7) is 0.911. The highest BCUT2D eigenvalue weighted by atomic mass is 16.5. The number of ether oxygens (including phenoxy) is 1. The van der Waals surface area contributed by atoms with Crippen molar-refractivity contribution < 1.29 is 19.1 Å². The molecule has 2 aromatic rings. The topological polar surface area (TPSA) is 96.3 Å². The molecule has 1 atom stereocenters. The van der Waals surface area contributed by atoms with Crippen LogP contribution in [0.15, 0.2) is 54.6 Å². The summed E-state index contributed by atoms with van der Waals surface area (Å²) < 4.78 is 4.95.